The van der Waals surface area contributed by atoms with E-state index in [0.717, 1.165) is 24.0 Å². The van der Waals surface area contributed by atoms with Crippen LogP contribution in [0.5, 0.6) is 11.5 Å². The van der Waals surface area contributed by atoms with Crippen molar-refractivity contribution >= 4 is 24.0 Å². The van der Waals surface area contributed by atoms with Crippen molar-refractivity contribution in [1.29, 1.82) is 0 Å². The van der Waals surface area contributed by atoms with Gasteiger partial charge in [-0.2, -0.15) is 0 Å². The maximum Gasteiger partial charge on any atom is 0.293 e. The van der Waals surface area contributed by atoms with Crippen LogP contribution in [0.4, 0.5) is 5.69 Å². The molecule has 3 aromatic carbocycles. The van der Waals surface area contributed by atoms with Crippen molar-refractivity contribution in [2.24, 2.45) is 0 Å². The molecule has 55 heavy (non-hydrogen) atoms. The number of carbonyl (C=O) groups excluding carboxylic acids is 3. The summed E-state index contributed by atoms with van der Waals surface area (Å²) in [5, 5.41) is 12.7. The van der Waals surface area contributed by atoms with Gasteiger partial charge in [0.25, 0.3) is 6.47 Å². The second-order valence-corrected chi connectivity index (χ2v) is 15.7. The van der Waals surface area contributed by atoms with Gasteiger partial charge < -0.3 is 43.7 Å². The highest BCUT2D eigenvalue weighted by molar-refractivity contribution is 6.05. The fourth-order valence-electron chi connectivity index (χ4n) is 6.01. The molecule has 2 amide bonds. The molecular formula is C42H58N2O11. The third-order valence-electron chi connectivity index (χ3n) is 8.71. The predicted molar refractivity (Wildman–Crippen MR) is 209 cm³/mol. The molecule has 2 aliphatic rings. The summed E-state index contributed by atoms with van der Waals surface area (Å²) in [5.41, 5.74) is 3.65. The van der Waals surface area contributed by atoms with E-state index >= 15 is 0 Å². The van der Waals surface area contributed by atoms with Gasteiger partial charge in [-0.05, 0) is 96.7 Å². The molecule has 1 unspecified atom stereocenters. The molecule has 1 atom stereocenters. The van der Waals surface area contributed by atoms with E-state index in [0.29, 0.717) is 79.6 Å². The first-order chi connectivity index (χ1) is 25.9. The number of unbranched alkanes of at least 4 members (excludes halogenated alkanes) is 1. The Labute approximate surface area is 324 Å². The number of nitrogens with zero attached hydrogens (tertiary/aromatic N) is 1. The fraction of sp³-hybridized carbons (Fsp3) is 0.571. The van der Waals surface area contributed by atoms with E-state index in [1.165, 1.54) is 0 Å². The van der Waals surface area contributed by atoms with E-state index in [1.807, 2.05) is 58.9 Å². The molecule has 13 nitrogen and oxygen atoms in total. The van der Waals surface area contributed by atoms with Crippen LogP contribution < -0.4 is 25.1 Å². The number of nitrogens with one attached hydrogen (secondary N) is 1. The van der Waals surface area contributed by atoms with Crippen LogP contribution in [0.1, 0.15) is 99.5 Å². The molecule has 0 saturated carbocycles. The van der Waals surface area contributed by atoms with Gasteiger partial charge in [0.1, 0.15) is 29.8 Å². The van der Waals surface area contributed by atoms with Crippen molar-refractivity contribution in [2.45, 2.75) is 124 Å². The van der Waals surface area contributed by atoms with Crippen molar-refractivity contribution in [3.63, 3.8) is 0 Å². The second-order valence-electron chi connectivity index (χ2n) is 15.7. The lowest BCUT2D eigenvalue weighted by Crippen LogP contribution is -2.32. The topological polar surface area (TPSA) is 159 Å². The van der Waals surface area contributed by atoms with Crippen molar-refractivity contribution < 1.29 is 47.9 Å². The molecule has 0 bridgehead atoms. The van der Waals surface area contributed by atoms with Gasteiger partial charge in [-0.15, -0.1) is 0 Å². The number of benzene rings is 2. The standard InChI is InChI=1S/C37H48N2O9.C5H10O2/c1-6-7-16-38-31(40)10-8-11-32(41)39-21-24-19-25(44-17-9-18-46-36(2,3)43)12-14-28(24)33-34(35(33)42)29-15-13-26(20-30(29)39)45-22-27-23-47-37(4,5)48-27;1-5(2,3)7-4-6/h12-15,19-20,27,43H,6-11,16-18,21-23H2,1-5H3,(H,38,40);4H,1-3H3. The molecule has 2 aliphatic heterocycles. The van der Waals surface area contributed by atoms with Crippen LogP contribution >= 0.6 is 0 Å². The summed E-state index contributed by atoms with van der Waals surface area (Å²) in [7, 11) is 0. The lowest BCUT2D eigenvalue weighted by molar-refractivity contribution is -0.177. The van der Waals surface area contributed by atoms with Gasteiger partial charge in [0.15, 0.2) is 17.0 Å². The van der Waals surface area contributed by atoms with Gasteiger partial charge in [-0.3, -0.25) is 19.2 Å². The molecule has 0 radical (unpaired) electrons. The van der Waals surface area contributed by atoms with Crippen molar-refractivity contribution in [2.75, 3.05) is 37.9 Å². The summed E-state index contributed by atoms with van der Waals surface area (Å²) < 4.78 is 33.6. The summed E-state index contributed by atoms with van der Waals surface area (Å²) in [6.07, 6.45) is 3.02. The molecule has 0 spiro atoms. The van der Waals surface area contributed by atoms with Crippen LogP contribution in [0.15, 0.2) is 41.2 Å². The number of amides is 2. The molecule has 5 rings (SSSR count). The SMILES string of the molecule is CC(C)(C)OC=O.CCCCNC(=O)CCCC(=O)N1Cc2cc(OCCCOC(C)(C)O)ccc2-c2c(c2=O)-c2ccc(OCC3COC(C)(C)O3)cc21. The Bertz CT molecular complexity index is 1760. The average Bonchev–Trinajstić information content (AvgIpc) is 3.61. The summed E-state index contributed by atoms with van der Waals surface area (Å²) in [6.45, 7) is 17.0. The highest BCUT2D eigenvalue weighted by atomic mass is 16.7. The Kier molecular flexibility index (Phi) is 15.0. The maximum absolute atomic E-state index is 14.0. The van der Waals surface area contributed by atoms with Crippen molar-refractivity contribution in [1.82, 2.24) is 5.32 Å². The minimum Gasteiger partial charge on any atom is -0.493 e. The molecule has 2 heterocycles. The smallest absolute Gasteiger partial charge is 0.293 e. The molecule has 302 valence electrons. The summed E-state index contributed by atoms with van der Waals surface area (Å²) in [6, 6.07) is 11.0. The van der Waals surface area contributed by atoms with Crippen LogP contribution in [-0.4, -0.2) is 79.6 Å². The lowest BCUT2D eigenvalue weighted by Gasteiger charge is -2.28. The van der Waals surface area contributed by atoms with Gasteiger partial charge in [-0.25, -0.2) is 0 Å². The Morgan fingerprint density at radius 3 is 2.27 bits per heavy atom. The molecule has 13 heteroatoms. The zero-order valence-electron chi connectivity index (χ0n) is 33.6. The predicted octanol–water partition coefficient (Wildman–Crippen LogP) is 6.19. The van der Waals surface area contributed by atoms with E-state index in [2.05, 4.69) is 17.0 Å². The van der Waals surface area contributed by atoms with Crippen LogP contribution in [0.3, 0.4) is 0 Å². The van der Waals surface area contributed by atoms with Gasteiger partial charge in [0, 0.05) is 48.6 Å². The van der Waals surface area contributed by atoms with Crippen LogP contribution in [0.2, 0.25) is 0 Å². The first-order valence-electron chi connectivity index (χ1n) is 19.1. The van der Waals surface area contributed by atoms with Crippen molar-refractivity contribution in [3.8, 4) is 33.8 Å². The number of ether oxygens (including phenoxy) is 6. The van der Waals surface area contributed by atoms with Gasteiger partial charge >= 0.3 is 0 Å². The van der Waals surface area contributed by atoms with E-state index in [1.54, 1.807) is 30.9 Å². The molecule has 3 aromatic rings. The van der Waals surface area contributed by atoms with E-state index in [4.69, 9.17) is 23.7 Å². The monoisotopic (exact) mass is 766 g/mol. The van der Waals surface area contributed by atoms with Crippen LogP contribution in [-0.2, 0) is 39.9 Å². The highest BCUT2D eigenvalue weighted by Crippen LogP contribution is 2.46. The number of carbonyl (C=O) groups is 3. The Morgan fingerprint density at radius 1 is 0.964 bits per heavy atom. The zero-order chi connectivity index (χ0) is 40.4. The minimum atomic E-state index is -1.21. The number of anilines is 1. The first kappa shape index (κ1) is 43.4. The number of hydrogen-bond acceptors (Lipinski definition) is 11. The van der Waals surface area contributed by atoms with Crippen LogP contribution in [0, 0.1) is 0 Å². The van der Waals surface area contributed by atoms with E-state index in [9.17, 15) is 24.3 Å². The Hall–Kier alpha value is -4.30. The summed E-state index contributed by atoms with van der Waals surface area (Å²) >= 11 is 0. The zero-order valence-corrected chi connectivity index (χ0v) is 33.6. The fourth-order valence-corrected chi connectivity index (χ4v) is 6.01. The molecule has 0 aromatic heterocycles. The van der Waals surface area contributed by atoms with E-state index in [-0.39, 0.29) is 54.9 Å². The van der Waals surface area contributed by atoms with E-state index < -0.39 is 11.6 Å². The largest absolute Gasteiger partial charge is 0.493 e. The lowest BCUT2D eigenvalue weighted by atomic mass is 9.98. The molecular weight excluding hydrogens is 708 g/mol. The Morgan fingerprint density at radius 2 is 1.65 bits per heavy atom. The molecule has 1 fully saturated rings. The third kappa shape index (κ3) is 13.4. The third-order valence-corrected chi connectivity index (χ3v) is 8.71. The number of rotatable bonds is 17. The first-order valence-corrected chi connectivity index (χ1v) is 19.1. The van der Waals surface area contributed by atoms with Gasteiger partial charge in [0.2, 0.25) is 11.8 Å². The summed E-state index contributed by atoms with van der Waals surface area (Å²) in [5.74, 6) is -0.983. The summed E-state index contributed by atoms with van der Waals surface area (Å²) in [4.78, 5) is 50.9. The van der Waals surface area contributed by atoms with Crippen molar-refractivity contribution in [3.05, 3.63) is 52.2 Å². The number of hydrogen-bond donors (Lipinski definition) is 2. The number of fused-ring (bicyclic) bond motifs is 5. The van der Waals surface area contributed by atoms with Gasteiger partial charge in [-0.1, -0.05) is 19.4 Å². The molecule has 0 aliphatic carbocycles. The van der Waals surface area contributed by atoms with Crippen LogP contribution in [0.25, 0.3) is 22.3 Å². The molecule has 1 saturated heterocycles. The second kappa shape index (κ2) is 19.0. The average molecular weight is 767 g/mol. The van der Waals surface area contributed by atoms with Gasteiger partial charge in [0.05, 0.1) is 32.1 Å². The highest BCUT2D eigenvalue weighted by Gasteiger charge is 2.36. The normalized spacial score (nSPS) is 16.1. The minimum absolute atomic E-state index is 0.0552. The molecule has 2 N–H and O–H groups in total. The quantitative estimate of drug-likeness (QED) is 0.0917. The Balaban J connectivity index is 0.000000876. The maximum atomic E-state index is 14.0. The number of aliphatic hydroxyl groups is 1.